The summed E-state index contributed by atoms with van der Waals surface area (Å²) in [6, 6.07) is 11.3. The number of nitrogens with two attached hydrogens (primary N) is 1. The third kappa shape index (κ3) is 1.95. The monoisotopic (exact) mass is 243 g/mol. The van der Waals surface area contributed by atoms with Crippen LogP contribution >= 0.6 is 0 Å². The molecule has 1 aromatic carbocycles. The van der Waals surface area contributed by atoms with Crippen LogP contribution in [0, 0.1) is 5.82 Å². The molecule has 1 aliphatic carbocycles. The van der Waals surface area contributed by atoms with E-state index in [1.807, 2.05) is 12.1 Å². The highest BCUT2D eigenvalue weighted by atomic mass is 19.1. The number of benzene rings is 1. The lowest BCUT2D eigenvalue weighted by Gasteiger charge is -2.19. The first-order chi connectivity index (χ1) is 8.74. The second-order valence-electron chi connectivity index (χ2n) is 4.55. The zero-order valence-electron chi connectivity index (χ0n) is 9.81. The first kappa shape index (κ1) is 11.2. The van der Waals surface area contributed by atoms with Gasteiger partial charge >= 0.3 is 0 Å². The summed E-state index contributed by atoms with van der Waals surface area (Å²) in [4.78, 5) is 4.01. The van der Waals surface area contributed by atoms with Crippen LogP contribution < -0.4 is 11.1 Å². The minimum absolute atomic E-state index is 0.0225. The highest BCUT2D eigenvalue weighted by molar-refractivity contribution is 5.45. The zero-order valence-corrected chi connectivity index (χ0v) is 9.81. The van der Waals surface area contributed by atoms with E-state index >= 15 is 0 Å². The van der Waals surface area contributed by atoms with E-state index in [0.29, 0.717) is 5.82 Å². The lowest BCUT2D eigenvalue weighted by molar-refractivity contribution is 0.614. The quantitative estimate of drug-likeness (QED) is 0.850. The Morgan fingerprint density at radius 2 is 2.06 bits per heavy atom. The van der Waals surface area contributed by atoms with E-state index in [1.165, 1.54) is 23.4 Å². The summed E-state index contributed by atoms with van der Waals surface area (Å²) in [7, 11) is 0. The van der Waals surface area contributed by atoms with Gasteiger partial charge in [0.1, 0.15) is 11.6 Å². The molecule has 0 radical (unpaired) electrons. The molecular weight excluding hydrogens is 229 g/mol. The number of pyridine rings is 1. The summed E-state index contributed by atoms with van der Waals surface area (Å²) in [6.07, 6.45) is 2.06. The van der Waals surface area contributed by atoms with Crippen LogP contribution in [0.3, 0.4) is 0 Å². The molecule has 2 aromatic rings. The summed E-state index contributed by atoms with van der Waals surface area (Å²) in [6.45, 7) is 0. The average Bonchev–Trinajstić information content (AvgIpc) is 2.69. The van der Waals surface area contributed by atoms with Crippen LogP contribution in [0.15, 0.2) is 42.6 Å². The normalized spacial score (nSPS) is 21.7. The number of aromatic nitrogens is 1. The molecule has 2 unspecified atom stereocenters. The molecule has 1 heterocycles. The van der Waals surface area contributed by atoms with Crippen LogP contribution in [-0.4, -0.2) is 11.0 Å². The summed E-state index contributed by atoms with van der Waals surface area (Å²) < 4.78 is 12.8. The van der Waals surface area contributed by atoms with Gasteiger partial charge in [-0.25, -0.2) is 9.37 Å². The van der Waals surface area contributed by atoms with Gasteiger partial charge in [0, 0.05) is 6.04 Å². The highest BCUT2D eigenvalue weighted by Gasteiger charge is 2.29. The van der Waals surface area contributed by atoms with E-state index in [0.717, 1.165) is 6.42 Å². The minimum atomic E-state index is -0.336. The van der Waals surface area contributed by atoms with Crippen LogP contribution in [-0.2, 0) is 6.42 Å². The molecule has 2 atom stereocenters. The number of halogens is 1. The molecule has 0 saturated carbocycles. The molecule has 3 N–H and O–H groups in total. The third-order valence-corrected chi connectivity index (χ3v) is 3.30. The fourth-order valence-corrected chi connectivity index (χ4v) is 2.43. The van der Waals surface area contributed by atoms with Gasteiger partial charge in [-0.05, 0) is 29.7 Å². The van der Waals surface area contributed by atoms with Crippen molar-refractivity contribution in [2.24, 2.45) is 5.73 Å². The predicted octanol–water partition coefficient (Wildman–Crippen LogP) is 2.26. The Labute approximate surface area is 105 Å². The maximum atomic E-state index is 12.8. The van der Waals surface area contributed by atoms with Crippen molar-refractivity contribution in [2.45, 2.75) is 18.5 Å². The molecule has 0 bridgehead atoms. The number of rotatable bonds is 2. The van der Waals surface area contributed by atoms with Crippen molar-refractivity contribution < 1.29 is 4.39 Å². The van der Waals surface area contributed by atoms with Crippen LogP contribution in [0.25, 0.3) is 0 Å². The van der Waals surface area contributed by atoms with Crippen molar-refractivity contribution >= 4 is 5.82 Å². The molecule has 92 valence electrons. The van der Waals surface area contributed by atoms with Crippen LogP contribution in [0.1, 0.15) is 17.2 Å². The fraction of sp³-hybridized carbons (Fsp3) is 0.214. The number of fused-ring (bicyclic) bond motifs is 1. The molecule has 0 fully saturated rings. The molecule has 1 aliphatic rings. The van der Waals surface area contributed by atoms with Crippen molar-refractivity contribution in [2.75, 3.05) is 5.32 Å². The summed E-state index contributed by atoms with van der Waals surface area (Å²) in [5.74, 6) is 0.310. The van der Waals surface area contributed by atoms with Crippen molar-refractivity contribution in [1.29, 1.82) is 0 Å². The fourth-order valence-electron chi connectivity index (χ4n) is 2.43. The average molecular weight is 243 g/mol. The van der Waals surface area contributed by atoms with E-state index in [2.05, 4.69) is 22.4 Å². The van der Waals surface area contributed by atoms with Gasteiger partial charge in [0.2, 0.25) is 0 Å². The summed E-state index contributed by atoms with van der Waals surface area (Å²) in [5, 5.41) is 3.27. The Kier molecular flexibility index (Phi) is 2.72. The van der Waals surface area contributed by atoms with Gasteiger partial charge in [-0.3, -0.25) is 0 Å². The lowest BCUT2D eigenvalue weighted by atomic mass is 10.1. The second-order valence-corrected chi connectivity index (χ2v) is 4.55. The van der Waals surface area contributed by atoms with Crippen LogP contribution in [0.5, 0.6) is 0 Å². The number of nitrogens with zero attached hydrogens (tertiary/aromatic N) is 1. The number of anilines is 1. The molecule has 3 nitrogen and oxygen atoms in total. The Balaban J connectivity index is 1.87. The van der Waals surface area contributed by atoms with E-state index in [1.54, 1.807) is 6.07 Å². The molecule has 1 aromatic heterocycles. The van der Waals surface area contributed by atoms with Gasteiger partial charge in [-0.1, -0.05) is 24.3 Å². The number of hydrogen-bond acceptors (Lipinski definition) is 3. The lowest BCUT2D eigenvalue weighted by Crippen LogP contribution is -2.30. The minimum Gasteiger partial charge on any atom is -0.362 e. The molecule has 4 heteroatoms. The SMILES string of the molecule is NC1Cc2ccccc2C1Nc1ccc(F)cn1. The topological polar surface area (TPSA) is 50.9 Å². The molecule has 0 spiro atoms. The van der Waals surface area contributed by atoms with Crippen LogP contribution in [0.2, 0.25) is 0 Å². The van der Waals surface area contributed by atoms with Gasteiger partial charge in [0.25, 0.3) is 0 Å². The first-order valence-electron chi connectivity index (χ1n) is 5.95. The summed E-state index contributed by atoms with van der Waals surface area (Å²) in [5.41, 5.74) is 8.62. The molecule has 3 rings (SSSR count). The maximum Gasteiger partial charge on any atom is 0.141 e. The highest BCUT2D eigenvalue weighted by Crippen LogP contribution is 2.32. The van der Waals surface area contributed by atoms with Gasteiger partial charge in [0.05, 0.1) is 12.2 Å². The summed E-state index contributed by atoms with van der Waals surface area (Å²) >= 11 is 0. The molecule has 0 saturated heterocycles. The zero-order chi connectivity index (χ0) is 12.5. The van der Waals surface area contributed by atoms with Gasteiger partial charge in [0.15, 0.2) is 0 Å². The predicted molar refractivity (Wildman–Crippen MR) is 68.7 cm³/mol. The van der Waals surface area contributed by atoms with Crippen molar-refractivity contribution in [3.63, 3.8) is 0 Å². The smallest absolute Gasteiger partial charge is 0.141 e. The molecule has 0 amide bonds. The number of nitrogens with one attached hydrogen (secondary N) is 1. The molecule has 0 aliphatic heterocycles. The van der Waals surface area contributed by atoms with E-state index < -0.39 is 0 Å². The Bertz CT molecular complexity index is 553. The standard InChI is InChI=1S/C14H14FN3/c15-10-5-6-13(17-8-10)18-14-11-4-2-1-3-9(11)7-12(14)16/h1-6,8,12,14H,7,16H2,(H,17,18). The van der Waals surface area contributed by atoms with Crippen molar-refractivity contribution in [3.8, 4) is 0 Å². The Hall–Kier alpha value is -1.94. The second kappa shape index (κ2) is 4.38. The van der Waals surface area contributed by atoms with Gasteiger partial charge in [-0.15, -0.1) is 0 Å². The van der Waals surface area contributed by atoms with E-state index in [9.17, 15) is 4.39 Å². The largest absolute Gasteiger partial charge is 0.362 e. The molecule has 18 heavy (non-hydrogen) atoms. The Morgan fingerprint density at radius 3 is 2.83 bits per heavy atom. The van der Waals surface area contributed by atoms with E-state index in [-0.39, 0.29) is 17.9 Å². The van der Waals surface area contributed by atoms with Crippen molar-refractivity contribution in [3.05, 3.63) is 59.5 Å². The maximum absolute atomic E-state index is 12.8. The number of hydrogen-bond donors (Lipinski definition) is 2. The van der Waals surface area contributed by atoms with Gasteiger partial charge in [-0.2, -0.15) is 0 Å². The van der Waals surface area contributed by atoms with Crippen LogP contribution in [0.4, 0.5) is 10.2 Å². The third-order valence-electron chi connectivity index (χ3n) is 3.30. The van der Waals surface area contributed by atoms with Gasteiger partial charge < -0.3 is 11.1 Å². The first-order valence-corrected chi connectivity index (χ1v) is 5.95. The van der Waals surface area contributed by atoms with E-state index in [4.69, 9.17) is 5.73 Å². The van der Waals surface area contributed by atoms with Crippen molar-refractivity contribution in [1.82, 2.24) is 4.98 Å². The Morgan fingerprint density at radius 1 is 1.22 bits per heavy atom. The molecular formula is C14H14FN3.